The fourth-order valence-electron chi connectivity index (χ4n) is 5.63. The molecule has 7 rings (SSSR count). The molecule has 1 aliphatic carbocycles. The summed E-state index contributed by atoms with van der Waals surface area (Å²) in [5, 5.41) is 17.3. The van der Waals surface area contributed by atoms with Gasteiger partial charge < -0.3 is 26.0 Å². The Morgan fingerprint density at radius 3 is 3.08 bits per heavy atom. The zero-order valence-corrected chi connectivity index (χ0v) is 20.8. The molecule has 3 atom stereocenters. The van der Waals surface area contributed by atoms with Crippen LogP contribution in [-0.2, 0) is 17.6 Å². The highest BCUT2D eigenvalue weighted by atomic mass is 32.1. The second kappa shape index (κ2) is 9.00. The van der Waals surface area contributed by atoms with Crippen LogP contribution in [0.4, 0.5) is 15.8 Å². The van der Waals surface area contributed by atoms with Crippen LogP contribution in [-0.4, -0.2) is 55.3 Å². The van der Waals surface area contributed by atoms with E-state index in [4.69, 9.17) is 10.5 Å². The molecule has 2 bridgehead atoms. The fraction of sp³-hybridized carbons (Fsp3) is 0.423. The summed E-state index contributed by atoms with van der Waals surface area (Å²) < 4.78 is 21.4. The van der Waals surface area contributed by atoms with E-state index < -0.39 is 0 Å². The number of rotatable bonds is 3. The largest absolute Gasteiger partial charge is 0.397 e. The number of pyridine rings is 1. The Morgan fingerprint density at radius 1 is 1.39 bits per heavy atom. The molecule has 36 heavy (non-hydrogen) atoms. The number of hydrogen-bond donors (Lipinski definition) is 3. The first-order chi connectivity index (χ1) is 17.4. The Balaban J connectivity index is 1.26. The van der Waals surface area contributed by atoms with Gasteiger partial charge >= 0.3 is 0 Å². The Morgan fingerprint density at radius 2 is 2.25 bits per heavy atom. The number of nitrogens with zero attached hydrogens (tertiary/aromatic N) is 3. The van der Waals surface area contributed by atoms with Crippen molar-refractivity contribution < 1.29 is 13.9 Å². The minimum atomic E-state index is -0.326. The van der Waals surface area contributed by atoms with Crippen LogP contribution >= 0.6 is 11.3 Å². The summed E-state index contributed by atoms with van der Waals surface area (Å²) in [5.74, 6) is -0.597. The van der Waals surface area contributed by atoms with Crippen LogP contribution in [0.25, 0.3) is 10.2 Å². The summed E-state index contributed by atoms with van der Waals surface area (Å²) in [6.45, 7) is 4.58. The Hall–Kier alpha value is -3.26. The summed E-state index contributed by atoms with van der Waals surface area (Å²) in [5.41, 5.74) is 10.0. The third-order valence-corrected chi connectivity index (χ3v) is 8.59. The van der Waals surface area contributed by atoms with Crippen molar-refractivity contribution in [3.63, 3.8) is 0 Å². The number of fused-ring (bicyclic) bond motifs is 6. The summed E-state index contributed by atoms with van der Waals surface area (Å²) in [4.78, 5) is 20.9. The quantitative estimate of drug-likeness (QED) is 0.500. The molecule has 1 aromatic carbocycles. The van der Waals surface area contributed by atoms with Crippen LogP contribution in [0.3, 0.4) is 0 Å². The van der Waals surface area contributed by atoms with Crippen molar-refractivity contribution in [2.45, 2.75) is 44.4 Å². The molecular formula is C26H27FN6O2S. The molecule has 3 aliphatic heterocycles. The summed E-state index contributed by atoms with van der Waals surface area (Å²) in [6, 6.07) is 7.43. The molecule has 5 heterocycles. The van der Waals surface area contributed by atoms with Gasteiger partial charge in [-0.2, -0.15) is 5.26 Å². The minimum absolute atomic E-state index is 0.0226. The van der Waals surface area contributed by atoms with Crippen LogP contribution in [0.2, 0.25) is 0 Å². The van der Waals surface area contributed by atoms with Gasteiger partial charge in [0.25, 0.3) is 5.91 Å². The number of thiophene rings is 1. The highest BCUT2D eigenvalue weighted by Gasteiger charge is 2.36. The van der Waals surface area contributed by atoms with Crippen molar-refractivity contribution in [1.29, 1.82) is 5.26 Å². The van der Waals surface area contributed by atoms with Gasteiger partial charge in [0.1, 0.15) is 21.6 Å². The van der Waals surface area contributed by atoms with Crippen molar-refractivity contribution in [2.24, 2.45) is 0 Å². The van der Waals surface area contributed by atoms with E-state index in [9.17, 15) is 10.1 Å². The number of nitrogens with two attached hydrogens (primary N) is 1. The van der Waals surface area contributed by atoms with E-state index in [1.54, 1.807) is 0 Å². The Kier molecular flexibility index (Phi) is 5.79. The Labute approximate surface area is 212 Å². The molecule has 2 aromatic heterocycles. The van der Waals surface area contributed by atoms with Gasteiger partial charge in [-0.3, -0.25) is 4.79 Å². The van der Waals surface area contributed by atoms with Gasteiger partial charge in [-0.15, -0.1) is 11.3 Å². The maximum atomic E-state index is 15.5. The first-order valence-corrected chi connectivity index (χ1v) is 13.0. The predicted octanol–water partition coefficient (Wildman–Crippen LogP) is 2.66. The fourth-order valence-corrected chi connectivity index (χ4v) is 6.68. The first kappa shape index (κ1) is 23.2. The molecule has 0 spiro atoms. The maximum Gasteiger partial charge on any atom is 0.263 e. The molecule has 8 nitrogen and oxygen atoms in total. The molecular weight excluding hydrogens is 479 g/mol. The maximum absolute atomic E-state index is 15.5. The van der Waals surface area contributed by atoms with Gasteiger partial charge in [-0.25, -0.2) is 9.37 Å². The van der Waals surface area contributed by atoms with Crippen molar-refractivity contribution in [3.05, 3.63) is 51.3 Å². The van der Waals surface area contributed by atoms with Gasteiger partial charge in [0.05, 0.1) is 35.7 Å². The third kappa shape index (κ3) is 3.88. The number of anilines is 2. The van der Waals surface area contributed by atoms with Crippen LogP contribution in [0.1, 0.15) is 38.5 Å². The van der Waals surface area contributed by atoms with E-state index in [0.29, 0.717) is 59.8 Å². The zero-order valence-electron chi connectivity index (χ0n) is 19.9. The topological polar surface area (TPSA) is 116 Å². The monoisotopic (exact) mass is 506 g/mol. The number of aromatic nitrogens is 1. The molecule has 10 heteroatoms. The second-order valence-corrected chi connectivity index (χ2v) is 10.8. The van der Waals surface area contributed by atoms with Gasteiger partial charge in [0, 0.05) is 36.8 Å². The number of nitrogen functional groups attached to an aromatic ring is 1. The van der Waals surface area contributed by atoms with Crippen molar-refractivity contribution >= 4 is 38.8 Å². The summed E-state index contributed by atoms with van der Waals surface area (Å²) in [6.07, 6.45) is 1.50. The molecule has 0 saturated carbocycles. The van der Waals surface area contributed by atoms with E-state index >= 15 is 4.39 Å². The normalized spacial score (nSPS) is 23.2. The molecule has 1 amide bonds. The van der Waals surface area contributed by atoms with Gasteiger partial charge in [0.15, 0.2) is 0 Å². The number of hydrogen-bond acceptors (Lipinski definition) is 8. The molecule has 4 N–H and O–H groups in total. The SMILES string of the molecule is Cc1ccc2c(N)c(C(=O)N[C@H]3CCc4c(C#N)c(N5CC6CNCC5CO6)cc(F)c4C3)sc2n1. The number of nitriles is 1. The number of carbonyl (C=O) groups is 1. The number of aryl methyl sites for hydroxylation is 1. The molecule has 2 unspecified atom stereocenters. The molecule has 3 fully saturated rings. The number of ether oxygens (including phenoxy) is 1. The van der Waals surface area contributed by atoms with Crippen LogP contribution < -0.4 is 21.3 Å². The standard InChI is InChI=1S/C26H27FN6O2S/c1-13-2-4-18-23(29)24(36-26(18)31-13)25(34)32-14-3-5-17-19(6-14)21(27)7-22(20(17)8-28)33-11-16-10-30-9-15(33)12-35-16/h2,4,7,14-16,30H,3,5-6,9-12,29H2,1H3,(H,32,34)/t14-,15?,16?/m0/s1. The van der Waals surface area contributed by atoms with Gasteiger partial charge in [-0.1, -0.05) is 0 Å². The number of carbonyl (C=O) groups excluding carboxylic acids is 1. The van der Waals surface area contributed by atoms with Crippen LogP contribution in [0.5, 0.6) is 0 Å². The molecule has 186 valence electrons. The van der Waals surface area contributed by atoms with E-state index in [0.717, 1.165) is 34.6 Å². The average Bonchev–Trinajstić information content (AvgIpc) is 3.02. The predicted molar refractivity (Wildman–Crippen MR) is 137 cm³/mol. The lowest BCUT2D eigenvalue weighted by Crippen LogP contribution is -2.50. The Bertz CT molecular complexity index is 1410. The lowest BCUT2D eigenvalue weighted by atomic mass is 9.84. The van der Waals surface area contributed by atoms with Crippen molar-refractivity contribution in [3.8, 4) is 6.07 Å². The van der Waals surface area contributed by atoms with E-state index in [1.807, 2.05) is 19.1 Å². The van der Waals surface area contributed by atoms with E-state index in [1.165, 1.54) is 17.4 Å². The van der Waals surface area contributed by atoms with E-state index in [2.05, 4.69) is 26.6 Å². The van der Waals surface area contributed by atoms with Crippen molar-refractivity contribution in [2.75, 3.05) is 36.9 Å². The summed E-state index contributed by atoms with van der Waals surface area (Å²) in [7, 11) is 0. The van der Waals surface area contributed by atoms with Gasteiger partial charge in [-0.05, 0) is 55.5 Å². The lowest BCUT2D eigenvalue weighted by molar-refractivity contribution is 0.0391. The highest BCUT2D eigenvalue weighted by molar-refractivity contribution is 7.21. The smallest absolute Gasteiger partial charge is 0.263 e. The lowest BCUT2D eigenvalue weighted by Gasteiger charge is -2.39. The molecule has 3 saturated heterocycles. The minimum Gasteiger partial charge on any atom is -0.397 e. The summed E-state index contributed by atoms with van der Waals surface area (Å²) >= 11 is 1.27. The molecule has 3 aromatic rings. The number of morpholine rings is 1. The third-order valence-electron chi connectivity index (χ3n) is 7.48. The van der Waals surface area contributed by atoms with Gasteiger partial charge in [0.2, 0.25) is 0 Å². The second-order valence-electron chi connectivity index (χ2n) is 9.80. The number of benzene rings is 1. The van der Waals surface area contributed by atoms with Crippen molar-refractivity contribution in [1.82, 2.24) is 15.6 Å². The first-order valence-electron chi connectivity index (χ1n) is 12.2. The highest BCUT2D eigenvalue weighted by Crippen LogP contribution is 2.37. The van der Waals surface area contributed by atoms with Crippen LogP contribution in [0.15, 0.2) is 18.2 Å². The number of amides is 1. The number of nitrogens with one attached hydrogen (secondary N) is 2. The molecule has 4 aliphatic rings. The average molecular weight is 507 g/mol. The number of halogens is 1. The van der Waals surface area contributed by atoms with E-state index in [-0.39, 0.29) is 29.9 Å². The molecule has 0 radical (unpaired) electrons. The zero-order chi connectivity index (χ0) is 25.0. The van der Waals surface area contributed by atoms with Crippen LogP contribution in [0, 0.1) is 24.1 Å².